The number of nitrogens with one attached hydrogen (secondary N) is 2. The summed E-state index contributed by atoms with van der Waals surface area (Å²) in [4.78, 5) is 43.1. The van der Waals surface area contributed by atoms with Crippen molar-refractivity contribution in [2.45, 2.75) is 116 Å². The van der Waals surface area contributed by atoms with Crippen LogP contribution in [0.25, 0.3) is 0 Å². The summed E-state index contributed by atoms with van der Waals surface area (Å²) in [7, 11) is -9.67. The van der Waals surface area contributed by atoms with Crippen molar-refractivity contribution in [1.82, 2.24) is 0 Å². The Labute approximate surface area is 412 Å². The first-order valence-electron chi connectivity index (χ1n) is 24.0. The van der Waals surface area contributed by atoms with Gasteiger partial charge in [0, 0.05) is 59.3 Å². The van der Waals surface area contributed by atoms with Gasteiger partial charge in [-0.15, -0.1) is 0 Å². The Morgan fingerprint density at radius 1 is 0.486 bits per heavy atom. The molecule has 0 aromatic heterocycles. The molecule has 0 amide bonds. The van der Waals surface area contributed by atoms with Crippen molar-refractivity contribution < 1.29 is 48.4 Å². The lowest BCUT2D eigenvalue weighted by Gasteiger charge is -2.28. The van der Waals surface area contributed by atoms with Gasteiger partial charge in [-0.2, -0.15) is 0 Å². The zero-order valence-electron chi connectivity index (χ0n) is 41.4. The molecule has 70 heavy (non-hydrogen) atoms. The minimum absolute atomic E-state index is 0.0961. The molecule has 0 radical (unpaired) electrons. The van der Waals surface area contributed by atoms with Gasteiger partial charge >= 0.3 is 15.2 Å². The summed E-state index contributed by atoms with van der Waals surface area (Å²) in [6, 6.07) is 32.1. The molecule has 0 unspecified atom stereocenters. The number of anilines is 2. The second-order valence-electron chi connectivity index (χ2n) is 20.5. The van der Waals surface area contributed by atoms with Crippen LogP contribution in [0.4, 0.5) is 11.4 Å². The summed E-state index contributed by atoms with van der Waals surface area (Å²) in [6.45, 7) is 17.9. The van der Waals surface area contributed by atoms with E-state index in [4.69, 9.17) is 9.47 Å². The van der Waals surface area contributed by atoms with Gasteiger partial charge < -0.3 is 49.9 Å². The van der Waals surface area contributed by atoms with Crippen LogP contribution in [-0.4, -0.2) is 43.0 Å². The van der Waals surface area contributed by atoms with Crippen molar-refractivity contribution in [3.8, 4) is 23.0 Å². The maximum atomic E-state index is 13.2. The van der Waals surface area contributed by atoms with Gasteiger partial charge in [-0.05, 0) is 92.4 Å². The van der Waals surface area contributed by atoms with E-state index >= 15 is 0 Å². The van der Waals surface area contributed by atoms with Gasteiger partial charge in [0.05, 0.1) is 13.2 Å². The van der Waals surface area contributed by atoms with E-state index in [2.05, 4.69) is 76.4 Å². The maximum absolute atomic E-state index is 13.2. The molecule has 1 aliphatic rings. The lowest BCUT2D eigenvalue weighted by molar-refractivity contribution is 0.307. The molecule has 0 aliphatic heterocycles. The molecule has 12 nitrogen and oxygen atoms in total. The number of benzene rings is 6. The Morgan fingerprint density at radius 2 is 0.771 bits per heavy atom. The highest BCUT2D eigenvalue weighted by Gasteiger charge is 2.33. The van der Waals surface area contributed by atoms with Crippen LogP contribution in [-0.2, 0) is 45.6 Å². The van der Waals surface area contributed by atoms with E-state index in [9.17, 15) is 38.9 Å². The summed E-state index contributed by atoms with van der Waals surface area (Å²) in [6.07, 6.45) is 2.10. The fourth-order valence-corrected chi connectivity index (χ4v) is 10.8. The molecule has 1 aliphatic carbocycles. The highest BCUT2D eigenvalue weighted by Crippen LogP contribution is 2.54. The fourth-order valence-electron chi connectivity index (χ4n) is 9.04. The van der Waals surface area contributed by atoms with E-state index in [0.29, 0.717) is 75.9 Å². The molecule has 8 N–H and O–H groups in total. The summed E-state index contributed by atoms with van der Waals surface area (Å²) in [5.41, 5.74) is 7.80. The topological polar surface area (TPSA) is 198 Å². The van der Waals surface area contributed by atoms with Crippen LogP contribution in [0.15, 0.2) is 109 Å². The van der Waals surface area contributed by atoms with Gasteiger partial charge in [0.1, 0.15) is 23.0 Å². The molecule has 372 valence electrons. The number of fused-ring (bicyclic) bond motifs is 8. The molecule has 7 rings (SSSR count). The van der Waals surface area contributed by atoms with Crippen LogP contribution in [0.5, 0.6) is 23.0 Å². The quantitative estimate of drug-likeness (QED) is 0.0380. The standard InChI is InChI=1S/C56H68N2O10P2/c1-9-21-67-51-41-24-39-33-47(57-53(69(61,62)63)35-17-13-11-14-18-35)31-37(49(39)59)23-38-32-48(58-54(70(64,65)66)36-19-15-12-16-20-36)34-40(50(38)60)25-42-28-46(56(6,7)8)30-44(52(42)68-22-10-2)26-43(51)29-45(27-41)55(3,4)5/h11-20,27-34,53-54,57-60H,9-10,21-26H2,1-8H3,(H2,61,62,63)(H2,64,65,66)/t53-,54-/m0/s1. The third-order valence-corrected chi connectivity index (χ3v) is 14.9. The van der Waals surface area contributed by atoms with E-state index in [-0.39, 0.29) is 41.6 Å². The Kier molecular flexibility index (Phi) is 15.7. The third kappa shape index (κ3) is 12.3. The first kappa shape index (κ1) is 52.2. The molecular formula is C56H68N2O10P2. The highest BCUT2D eigenvalue weighted by atomic mass is 31.2. The minimum Gasteiger partial charge on any atom is -0.507 e. The van der Waals surface area contributed by atoms with Crippen molar-refractivity contribution in [3.05, 3.63) is 176 Å². The smallest absolute Gasteiger partial charge is 0.352 e. The lowest BCUT2D eigenvalue weighted by atomic mass is 9.81. The van der Waals surface area contributed by atoms with Crippen LogP contribution in [0.2, 0.25) is 0 Å². The predicted molar refractivity (Wildman–Crippen MR) is 279 cm³/mol. The second kappa shape index (κ2) is 21.0. The summed E-state index contributed by atoms with van der Waals surface area (Å²) in [5.74, 6) is -1.72. The molecule has 8 bridgehead atoms. The van der Waals surface area contributed by atoms with E-state index < -0.39 is 26.8 Å². The van der Waals surface area contributed by atoms with Gasteiger partial charge in [0.15, 0.2) is 11.6 Å². The highest BCUT2D eigenvalue weighted by molar-refractivity contribution is 7.52. The second-order valence-corrected chi connectivity index (χ2v) is 23.9. The van der Waals surface area contributed by atoms with Gasteiger partial charge in [0.2, 0.25) is 0 Å². The molecule has 0 heterocycles. The summed E-state index contributed by atoms with van der Waals surface area (Å²) in [5, 5.41) is 31.2. The number of hydrogen-bond donors (Lipinski definition) is 8. The van der Waals surface area contributed by atoms with E-state index in [1.165, 1.54) is 0 Å². The van der Waals surface area contributed by atoms with Crippen LogP contribution in [0.1, 0.15) is 147 Å². The Morgan fingerprint density at radius 3 is 1.04 bits per heavy atom. The van der Waals surface area contributed by atoms with E-state index in [1.807, 2.05) is 13.8 Å². The molecule has 2 atom stereocenters. The normalized spacial score (nSPS) is 14.1. The Balaban J connectivity index is 1.55. The van der Waals surface area contributed by atoms with Crippen molar-refractivity contribution >= 4 is 26.6 Å². The van der Waals surface area contributed by atoms with Crippen LogP contribution < -0.4 is 20.1 Å². The number of aromatic hydroxyl groups is 2. The number of ether oxygens (including phenoxy) is 2. The van der Waals surface area contributed by atoms with Gasteiger partial charge in [-0.3, -0.25) is 9.13 Å². The molecular weight excluding hydrogens is 923 g/mol. The molecule has 0 saturated heterocycles. The molecule has 6 aromatic carbocycles. The maximum Gasteiger partial charge on any atom is 0.352 e. The van der Waals surface area contributed by atoms with Crippen LogP contribution in [0.3, 0.4) is 0 Å². The molecule has 14 heteroatoms. The number of phenolic OH excluding ortho intramolecular Hbond substituents is 2. The van der Waals surface area contributed by atoms with Crippen molar-refractivity contribution in [2.24, 2.45) is 0 Å². The number of hydrogen-bond acceptors (Lipinski definition) is 8. The zero-order valence-corrected chi connectivity index (χ0v) is 43.2. The summed E-state index contributed by atoms with van der Waals surface area (Å²) < 4.78 is 40.0. The van der Waals surface area contributed by atoms with Crippen molar-refractivity contribution in [2.75, 3.05) is 23.8 Å². The van der Waals surface area contributed by atoms with Gasteiger partial charge in [-0.25, -0.2) is 0 Å². The minimum atomic E-state index is -4.84. The van der Waals surface area contributed by atoms with E-state index in [0.717, 1.165) is 46.2 Å². The van der Waals surface area contributed by atoms with Gasteiger partial charge in [0.25, 0.3) is 0 Å². The molecule has 0 fully saturated rings. The Bertz CT molecular complexity index is 2720. The molecule has 0 spiro atoms. The van der Waals surface area contributed by atoms with Crippen LogP contribution >= 0.6 is 15.2 Å². The Hall–Kier alpha value is -5.58. The largest absolute Gasteiger partial charge is 0.507 e. The number of rotatable bonds is 14. The fraction of sp³-hybridized carbons (Fsp3) is 0.357. The third-order valence-electron chi connectivity index (χ3n) is 12.7. The monoisotopic (exact) mass is 990 g/mol. The summed E-state index contributed by atoms with van der Waals surface area (Å²) >= 11 is 0. The average Bonchev–Trinajstić information content (AvgIpc) is 3.28. The van der Waals surface area contributed by atoms with Crippen LogP contribution in [0, 0.1) is 0 Å². The zero-order chi connectivity index (χ0) is 50.8. The first-order chi connectivity index (χ1) is 32.9. The van der Waals surface area contributed by atoms with Gasteiger partial charge in [-0.1, -0.05) is 140 Å². The molecule has 0 saturated carbocycles. The first-order valence-corrected chi connectivity index (χ1v) is 27.3. The lowest BCUT2D eigenvalue weighted by Crippen LogP contribution is -2.16. The number of phenols is 2. The average molecular weight is 991 g/mol. The van der Waals surface area contributed by atoms with Crippen molar-refractivity contribution in [1.29, 1.82) is 0 Å². The van der Waals surface area contributed by atoms with E-state index in [1.54, 1.807) is 84.9 Å². The SMILES string of the molecule is CCCOc1c2cc(C(C)(C)C)cc1Cc1cc(C(C)(C)C)cc(c1OCCC)Cc1cc(N[C@H](c3ccccc3)P(=O)(O)O)cc(c1O)Cc1cc(N[C@H](c3ccccc3)P(=O)(O)O)cc(c1O)C2. The molecule has 6 aromatic rings. The van der Waals surface area contributed by atoms with Crippen molar-refractivity contribution in [3.63, 3.8) is 0 Å². The predicted octanol–water partition coefficient (Wildman–Crippen LogP) is 12.5.